The number of nitrogens with zero attached hydrogens (tertiary/aromatic N) is 1. The van der Waals surface area contributed by atoms with Crippen molar-refractivity contribution in [2.75, 3.05) is 4.90 Å². The van der Waals surface area contributed by atoms with Gasteiger partial charge in [0.15, 0.2) is 0 Å². The molecule has 0 fully saturated rings. The van der Waals surface area contributed by atoms with Crippen molar-refractivity contribution in [3.05, 3.63) is 212 Å². The summed E-state index contributed by atoms with van der Waals surface area (Å²) in [6, 6.07) is 75.2. The van der Waals surface area contributed by atoms with Crippen molar-refractivity contribution in [3.63, 3.8) is 0 Å². The van der Waals surface area contributed by atoms with E-state index in [1.54, 1.807) is 0 Å². The van der Waals surface area contributed by atoms with E-state index in [4.69, 9.17) is 4.42 Å². The zero-order valence-electron chi connectivity index (χ0n) is 28.6. The second-order valence-corrected chi connectivity index (χ2v) is 13.0. The highest BCUT2D eigenvalue weighted by atomic mass is 16.3. The molecule has 0 amide bonds. The third-order valence-electron chi connectivity index (χ3n) is 9.74. The number of furan rings is 1. The lowest BCUT2D eigenvalue weighted by molar-refractivity contribution is 0.631. The molecule has 1 aromatic heterocycles. The monoisotopic (exact) mass is 665 g/mol. The fourth-order valence-electron chi connectivity index (χ4n) is 6.92. The van der Waals surface area contributed by atoms with Crippen molar-refractivity contribution in [2.24, 2.45) is 0 Å². The molecular formula is C50H35NO. The molecule has 0 atom stereocenters. The molecule has 0 spiro atoms. The molecule has 0 radical (unpaired) electrons. The Labute approximate surface area is 304 Å². The van der Waals surface area contributed by atoms with Crippen LogP contribution in [0.2, 0.25) is 0 Å². The third-order valence-corrected chi connectivity index (χ3v) is 9.74. The molecule has 2 nitrogen and oxygen atoms in total. The molecule has 1 heterocycles. The molecule has 0 aliphatic rings. The van der Waals surface area contributed by atoms with Gasteiger partial charge in [-0.25, -0.2) is 0 Å². The van der Waals surface area contributed by atoms with Crippen molar-refractivity contribution in [1.29, 1.82) is 0 Å². The van der Waals surface area contributed by atoms with Gasteiger partial charge in [0, 0.05) is 28.0 Å². The highest BCUT2D eigenvalue weighted by Crippen LogP contribution is 2.38. The highest BCUT2D eigenvalue weighted by molar-refractivity contribution is 5.85. The molecule has 0 aliphatic heterocycles. The molecule has 0 saturated heterocycles. The minimum absolute atomic E-state index is 0.865. The van der Waals surface area contributed by atoms with Crippen LogP contribution in [0, 0.1) is 0 Å². The Kier molecular flexibility index (Phi) is 8.24. The van der Waals surface area contributed by atoms with Gasteiger partial charge in [0.1, 0.15) is 11.3 Å². The molecule has 0 N–H and O–H groups in total. The Hall–Kier alpha value is -6.90. The largest absolute Gasteiger partial charge is 0.456 e. The van der Waals surface area contributed by atoms with Gasteiger partial charge in [0.05, 0.1) is 0 Å². The summed E-state index contributed by atoms with van der Waals surface area (Å²) >= 11 is 0. The van der Waals surface area contributed by atoms with Gasteiger partial charge in [-0.05, 0) is 105 Å². The van der Waals surface area contributed by atoms with Crippen LogP contribution in [0.3, 0.4) is 0 Å². The van der Waals surface area contributed by atoms with Gasteiger partial charge in [0.2, 0.25) is 0 Å². The standard InChI is InChI=1S/C50H35NO/c1-3-9-36(10-4-1)38-15-19-40(20-16-38)42-23-29-46(30-24-42)51(48-33-27-44(28-34-48)50-35-45-13-7-8-14-49(45)52-50)47-31-25-43(26-32-47)41-21-17-39(18-22-41)37-11-5-2-6-12-37/h1-35H. The normalized spacial score (nSPS) is 11.1. The summed E-state index contributed by atoms with van der Waals surface area (Å²) in [6.07, 6.45) is 0. The van der Waals surface area contributed by atoms with Crippen LogP contribution < -0.4 is 4.90 Å². The summed E-state index contributed by atoms with van der Waals surface area (Å²) in [4.78, 5) is 2.31. The predicted octanol–water partition coefficient (Wildman–Crippen LogP) is 14.2. The number of fused-ring (bicyclic) bond motifs is 1. The minimum atomic E-state index is 0.865. The maximum Gasteiger partial charge on any atom is 0.135 e. The van der Waals surface area contributed by atoms with Crippen LogP contribution in [0.5, 0.6) is 0 Å². The summed E-state index contributed by atoms with van der Waals surface area (Å²) in [5.74, 6) is 0.865. The number of para-hydroxylation sites is 1. The molecule has 9 rings (SSSR count). The van der Waals surface area contributed by atoms with Crippen molar-refractivity contribution in [3.8, 4) is 55.8 Å². The van der Waals surface area contributed by atoms with E-state index in [9.17, 15) is 0 Å². The molecule has 9 aromatic rings. The maximum atomic E-state index is 6.19. The number of benzene rings is 8. The Morgan fingerprint density at radius 3 is 0.962 bits per heavy atom. The molecular weight excluding hydrogens is 631 g/mol. The fourth-order valence-corrected chi connectivity index (χ4v) is 6.92. The topological polar surface area (TPSA) is 16.4 Å². The van der Waals surface area contributed by atoms with E-state index >= 15 is 0 Å². The number of hydrogen-bond acceptors (Lipinski definition) is 2. The smallest absolute Gasteiger partial charge is 0.135 e. The Balaban J connectivity index is 1.03. The van der Waals surface area contributed by atoms with Crippen LogP contribution >= 0.6 is 0 Å². The van der Waals surface area contributed by atoms with Crippen molar-refractivity contribution < 1.29 is 4.42 Å². The van der Waals surface area contributed by atoms with E-state index in [1.807, 2.05) is 18.2 Å². The van der Waals surface area contributed by atoms with Gasteiger partial charge in [-0.3, -0.25) is 0 Å². The SMILES string of the molecule is c1ccc(-c2ccc(-c3ccc(N(c4ccc(-c5ccc(-c6ccccc6)cc5)cc4)c4ccc(-c5cc6ccccc6o5)cc4)cc3)cc2)cc1. The zero-order chi connectivity index (χ0) is 34.7. The maximum absolute atomic E-state index is 6.19. The van der Waals surface area contributed by atoms with Crippen molar-refractivity contribution >= 4 is 28.0 Å². The molecule has 0 bridgehead atoms. The predicted molar refractivity (Wildman–Crippen MR) is 218 cm³/mol. The highest BCUT2D eigenvalue weighted by Gasteiger charge is 2.15. The van der Waals surface area contributed by atoms with E-state index in [-0.39, 0.29) is 0 Å². The minimum Gasteiger partial charge on any atom is -0.456 e. The number of anilines is 3. The molecule has 0 unspecified atom stereocenters. The summed E-state index contributed by atoms with van der Waals surface area (Å²) in [5, 5.41) is 1.10. The van der Waals surface area contributed by atoms with Crippen LogP contribution in [0.1, 0.15) is 0 Å². The summed E-state index contributed by atoms with van der Waals surface area (Å²) in [6.45, 7) is 0. The Bertz CT molecular complexity index is 2390. The van der Waals surface area contributed by atoms with E-state index in [2.05, 4.69) is 199 Å². The lowest BCUT2D eigenvalue weighted by Gasteiger charge is -2.26. The van der Waals surface area contributed by atoms with Crippen molar-refractivity contribution in [1.82, 2.24) is 0 Å². The average Bonchev–Trinajstić information content (AvgIpc) is 3.67. The summed E-state index contributed by atoms with van der Waals surface area (Å²) < 4.78 is 6.19. The quantitative estimate of drug-likeness (QED) is 0.161. The first kappa shape index (κ1) is 31.1. The second kappa shape index (κ2) is 13.8. The van der Waals surface area contributed by atoms with E-state index in [0.717, 1.165) is 39.4 Å². The summed E-state index contributed by atoms with van der Waals surface area (Å²) in [7, 11) is 0. The lowest BCUT2D eigenvalue weighted by atomic mass is 9.99. The lowest BCUT2D eigenvalue weighted by Crippen LogP contribution is -2.09. The first-order valence-corrected chi connectivity index (χ1v) is 17.7. The molecule has 8 aromatic carbocycles. The van der Waals surface area contributed by atoms with E-state index < -0.39 is 0 Å². The Morgan fingerprint density at radius 1 is 0.269 bits per heavy atom. The molecule has 0 saturated carbocycles. The van der Waals surface area contributed by atoms with E-state index in [0.29, 0.717) is 0 Å². The van der Waals surface area contributed by atoms with E-state index in [1.165, 1.54) is 44.5 Å². The van der Waals surface area contributed by atoms with Crippen LogP contribution in [0.15, 0.2) is 217 Å². The van der Waals surface area contributed by atoms with Gasteiger partial charge in [-0.15, -0.1) is 0 Å². The third kappa shape index (κ3) is 6.30. The number of hydrogen-bond donors (Lipinski definition) is 0. The van der Waals surface area contributed by atoms with Gasteiger partial charge >= 0.3 is 0 Å². The molecule has 2 heteroatoms. The molecule has 246 valence electrons. The Morgan fingerprint density at radius 2 is 0.577 bits per heavy atom. The first-order valence-electron chi connectivity index (χ1n) is 17.7. The van der Waals surface area contributed by atoms with Gasteiger partial charge in [-0.2, -0.15) is 0 Å². The number of rotatable bonds is 8. The van der Waals surface area contributed by atoms with Crippen LogP contribution in [0.4, 0.5) is 17.1 Å². The van der Waals surface area contributed by atoms with Gasteiger partial charge < -0.3 is 9.32 Å². The van der Waals surface area contributed by atoms with Crippen LogP contribution in [-0.4, -0.2) is 0 Å². The van der Waals surface area contributed by atoms with Crippen LogP contribution in [-0.2, 0) is 0 Å². The average molecular weight is 666 g/mol. The second-order valence-electron chi connectivity index (χ2n) is 13.0. The fraction of sp³-hybridized carbons (Fsp3) is 0. The van der Waals surface area contributed by atoms with Gasteiger partial charge in [-0.1, -0.05) is 152 Å². The molecule has 52 heavy (non-hydrogen) atoms. The zero-order valence-corrected chi connectivity index (χ0v) is 28.6. The van der Waals surface area contributed by atoms with Crippen molar-refractivity contribution in [2.45, 2.75) is 0 Å². The summed E-state index contributed by atoms with van der Waals surface area (Å²) in [5.41, 5.74) is 14.8. The first-order chi connectivity index (χ1) is 25.7. The van der Waals surface area contributed by atoms with Gasteiger partial charge in [0.25, 0.3) is 0 Å². The molecule has 0 aliphatic carbocycles. The van der Waals surface area contributed by atoms with Crippen LogP contribution in [0.25, 0.3) is 66.8 Å².